The van der Waals surface area contributed by atoms with Crippen molar-refractivity contribution in [3.63, 3.8) is 0 Å². The smallest absolute Gasteiger partial charge is 0.259 e. The van der Waals surface area contributed by atoms with Gasteiger partial charge in [0, 0.05) is 24.1 Å². The number of carbonyl (C=O) groups excluding carboxylic acids is 4. The molecule has 1 aliphatic heterocycles. The molecule has 9 heteroatoms. The summed E-state index contributed by atoms with van der Waals surface area (Å²) in [5.74, 6) is 1.80. The minimum atomic E-state index is -1.65. The summed E-state index contributed by atoms with van der Waals surface area (Å²) in [6, 6.07) is 8.96. The van der Waals surface area contributed by atoms with Crippen LogP contribution in [0, 0.1) is 31.6 Å². The maximum absolute atomic E-state index is 13.9. The van der Waals surface area contributed by atoms with Gasteiger partial charge in [-0.25, -0.2) is 0 Å². The van der Waals surface area contributed by atoms with E-state index in [2.05, 4.69) is 17.2 Å². The van der Waals surface area contributed by atoms with Crippen LogP contribution in [0.4, 0.5) is 0 Å². The Bertz CT molecular complexity index is 1840. The number of ketones is 3. The Balaban J connectivity index is 1.56. The number of methoxy groups -OCH3 is 1. The number of allylic oxidation sites excluding steroid dienone is 2. The maximum atomic E-state index is 13.9. The summed E-state index contributed by atoms with van der Waals surface area (Å²) in [7, 11) is 1.34. The van der Waals surface area contributed by atoms with Gasteiger partial charge < -0.3 is 24.6 Å². The molecule has 0 fully saturated rings. The van der Waals surface area contributed by atoms with Crippen molar-refractivity contribution >= 4 is 34.0 Å². The number of Topliss-reactive ketones (excluding diaryl/α,β-unsaturated/α-hetero) is 2. The molecule has 0 spiro atoms. The van der Waals surface area contributed by atoms with Crippen molar-refractivity contribution in [3.05, 3.63) is 70.0 Å². The van der Waals surface area contributed by atoms with Crippen molar-refractivity contribution in [1.29, 1.82) is 0 Å². The topological polar surface area (TPSA) is 128 Å². The van der Waals surface area contributed by atoms with Crippen LogP contribution >= 0.6 is 0 Å². The molecule has 1 heterocycles. The zero-order chi connectivity index (χ0) is 31.2. The molecular weight excluding hydrogens is 550 g/mol. The number of benzene rings is 3. The lowest BCUT2D eigenvalue weighted by Crippen LogP contribution is -2.47. The summed E-state index contributed by atoms with van der Waals surface area (Å²) in [5.41, 5.74) is 1.03. The van der Waals surface area contributed by atoms with Gasteiger partial charge in [-0.2, -0.15) is 0 Å². The standard InChI is InChI=1S/C34H31NO8/c1-7-8-13-42-30-18(3)17(2)22(20-11-9-10-12-21(20)30)16-35-33(40)28-25(41-6)14-24(38)29-31(28)43-26-15-23(37)27(19(4)36)32(39)34(26,29)5/h9-12,14-15,27,38H,13,16H2,1-6H3,(H,35,40)/t27?,34-/m1/s1. The van der Waals surface area contributed by atoms with Crippen LogP contribution in [0.3, 0.4) is 0 Å². The molecule has 0 radical (unpaired) electrons. The van der Waals surface area contributed by atoms with Crippen LogP contribution in [0.2, 0.25) is 0 Å². The summed E-state index contributed by atoms with van der Waals surface area (Å²) in [6.45, 7) is 8.67. The van der Waals surface area contributed by atoms with Crippen molar-refractivity contribution in [1.82, 2.24) is 5.32 Å². The van der Waals surface area contributed by atoms with Crippen LogP contribution in [-0.4, -0.2) is 42.1 Å². The van der Waals surface area contributed by atoms with E-state index in [0.717, 1.165) is 46.2 Å². The predicted molar refractivity (Wildman–Crippen MR) is 158 cm³/mol. The minimum Gasteiger partial charge on any atom is -0.507 e. The molecule has 43 heavy (non-hydrogen) atoms. The van der Waals surface area contributed by atoms with E-state index in [1.54, 1.807) is 6.92 Å². The first-order chi connectivity index (χ1) is 20.5. The molecule has 220 valence electrons. The average molecular weight is 582 g/mol. The number of hydrogen-bond donors (Lipinski definition) is 2. The first-order valence-corrected chi connectivity index (χ1v) is 13.7. The summed E-state index contributed by atoms with van der Waals surface area (Å²) >= 11 is 0. The predicted octanol–water partition coefficient (Wildman–Crippen LogP) is 4.39. The van der Waals surface area contributed by atoms with Crippen molar-refractivity contribution in [2.45, 2.75) is 46.6 Å². The number of nitrogens with one attached hydrogen (secondary N) is 1. The van der Waals surface area contributed by atoms with Gasteiger partial charge in [-0.05, 0) is 56.7 Å². The number of hydrogen-bond acceptors (Lipinski definition) is 8. The molecule has 1 amide bonds. The Labute approximate surface area is 248 Å². The lowest BCUT2D eigenvalue weighted by molar-refractivity contribution is -0.140. The fourth-order valence-corrected chi connectivity index (χ4v) is 5.95. The second kappa shape index (κ2) is 11.0. The molecule has 0 bridgehead atoms. The van der Waals surface area contributed by atoms with E-state index >= 15 is 0 Å². The highest BCUT2D eigenvalue weighted by Gasteiger charge is 2.58. The molecule has 2 N–H and O–H groups in total. The quantitative estimate of drug-likeness (QED) is 0.311. The summed E-state index contributed by atoms with van der Waals surface area (Å²) in [5, 5.41) is 15.7. The average Bonchev–Trinajstić information content (AvgIpc) is 3.27. The highest BCUT2D eigenvalue weighted by molar-refractivity contribution is 6.27. The Morgan fingerprint density at radius 1 is 1.14 bits per heavy atom. The van der Waals surface area contributed by atoms with Crippen LogP contribution < -0.4 is 19.5 Å². The van der Waals surface area contributed by atoms with Crippen molar-refractivity contribution in [3.8, 4) is 34.8 Å². The van der Waals surface area contributed by atoms with Gasteiger partial charge >= 0.3 is 0 Å². The van der Waals surface area contributed by atoms with E-state index in [1.165, 1.54) is 20.1 Å². The second-order valence-corrected chi connectivity index (χ2v) is 10.7. The van der Waals surface area contributed by atoms with Gasteiger partial charge in [-0.3, -0.25) is 19.2 Å². The SMILES string of the molecule is CC#CCOc1c(C)c(C)c(CNC(=O)c2c(OC)cc(O)c3c2OC2=CC(=O)C(C(C)=O)C(=O)[C@]23C)c2ccccc12. The number of phenols is 1. The van der Waals surface area contributed by atoms with Crippen LogP contribution in [0.25, 0.3) is 10.8 Å². The van der Waals surface area contributed by atoms with Gasteiger partial charge in [0.25, 0.3) is 5.91 Å². The minimum absolute atomic E-state index is 0.00241. The summed E-state index contributed by atoms with van der Waals surface area (Å²) < 4.78 is 17.4. The van der Waals surface area contributed by atoms with Gasteiger partial charge in [-0.15, -0.1) is 5.92 Å². The fraction of sp³-hybridized carbons (Fsp3) is 0.294. The molecule has 1 unspecified atom stereocenters. The molecule has 0 saturated carbocycles. The lowest BCUT2D eigenvalue weighted by atomic mass is 9.67. The monoisotopic (exact) mass is 581 g/mol. The van der Waals surface area contributed by atoms with Crippen LogP contribution in [0.15, 0.2) is 42.2 Å². The zero-order valence-corrected chi connectivity index (χ0v) is 24.8. The second-order valence-electron chi connectivity index (χ2n) is 10.7. The number of fused-ring (bicyclic) bond motifs is 4. The zero-order valence-electron chi connectivity index (χ0n) is 24.8. The molecule has 5 rings (SSSR count). The van der Waals surface area contributed by atoms with E-state index in [4.69, 9.17) is 14.2 Å². The molecule has 3 aromatic carbocycles. The van der Waals surface area contributed by atoms with E-state index < -0.39 is 34.6 Å². The molecular formula is C34H31NO8. The van der Waals surface area contributed by atoms with Gasteiger partial charge in [0.1, 0.15) is 52.3 Å². The van der Waals surface area contributed by atoms with Gasteiger partial charge in [-0.1, -0.05) is 30.2 Å². The Morgan fingerprint density at radius 3 is 2.49 bits per heavy atom. The Hall–Kier alpha value is -5.10. The Morgan fingerprint density at radius 2 is 1.84 bits per heavy atom. The molecule has 2 atom stereocenters. The van der Waals surface area contributed by atoms with Crippen LogP contribution in [0.5, 0.6) is 23.0 Å². The van der Waals surface area contributed by atoms with Gasteiger partial charge in [0.15, 0.2) is 17.3 Å². The van der Waals surface area contributed by atoms with E-state index in [-0.39, 0.29) is 47.3 Å². The van der Waals surface area contributed by atoms with E-state index in [9.17, 15) is 24.3 Å². The third kappa shape index (κ3) is 4.50. The number of amides is 1. The molecule has 9 nitrogen and oxygen atoms in total. The van der Waals surface area contributed by atoms with E-state index in [0.29, 0.717) is 0 Å². The summed E-state index contributed by atoms with van der Waals surface area (Å²) in [6.07, 6.45) is 1.09. The Kier molecular flexibility index (Phi) is 7.49. The number of rotatable bonds is 7. The van der Waals surface area contributed by atoms with Gasteiger partial charge in [0.05, 0.1) is 12.7 Å². The van der Waals surface area contributed by atoms with Crippen molar-refractivity contribution in [2.24, 2.45) is 5.92 Å². The third-order valence-corrected chi connectivity index (χ3v) is 8.34. The number of ether oxygens (including phenoxy) is 3. The maximum Gasteiger partial charge on any atom is 0.259 e. The largest absolute Gasteiger partial charge is 0.507 e. The highest BCUT2D eigenvalue weighted by Crippen LogP contribution is 2.56. The molecule has 3 aromatic rings. The fourth-order valence-electron chi connectivity index (χ4n) is 5.95. The first-order valence-electron chi connectivity index (χ1n) is 13.7. The first kappa shape index (κ1) is 29.4. The van der Waals surface area contributed by atoms with Crippen molar-refractivity contribution < 1.29 is 38.5 Å². The third-order valence-electron chi connectivity index (χ3n) is 8.34. The van der Waals surface area contributed by atoms with Crippen molar-refractivity contribution in [2.75, 3.05) is 13.7 Å². The summed E-state index contributed by atoms with van der Waals surface area (Å²) in [4.78, 5) is 52.2. The molecule has 0 saturated heterocycles. The highest BCUT2D eigenvalue weighted by atomic mass is 16.5. The number of phenolic OH excluding ortho intramolecular Hbond substituents is 1. The van der Waals surface area contributed by atoms with Crippen LogP contribution in [-0.2, 0) is 26.3 Å². The van der Waals surface area contributed by atoms with E-state index in [1.807, 2.05) is 38.1 Å². The lowest BCUT2D eigenvalue weighted by Gasteiger charge is -2.30. The molecule has 0 aromatic heterocycles. The number of carbonyl (C=O) groups is 4. The number of aromatic hydroxyl groups is 1. The normalized spacial score (nSPS) is 18.6. The van der Waals surface area contributed by atoms with Gasteiger partial charge in [0.2, 0.25) is 0 Å². The molecule has 1 aliphatic carbocycles. The van der Waals surface area contributed by atoms with Crippen LogP contribution in [0.1, 0.15) is 53.4 Å². The molecule has 2 aliphatic rings.